The van der Waals surface area contributed by atoms with E-state index in [0.29, 0.717) is 35.2 Å². The van der Waals surface area contributed by atoms with Crippen molar-refractivity contribution in [3.63, 3.8) is 0 Å². The monoisotopic (exact) mass is 363 g/mol. The van der Waals surface area contributed by atoms with Crippen LogP contribution >= 0.6 is 0 Å². The highest BCUT2D eigenvalue weighted by Gasteiger charge is 2.15. The summed E-state index contributed by atoms with van der Waals surface area (Å²) in [5, 5.41) is 6.27. The van der Waals surface area contributed by atoms with Crippen LogP contribution in [0, 0.1) is 6.92 Å². The van der Waals surface area contributed by atoms with Crippen molar-refractivity contribution in [2.24, 2.45) is 0 Å². The molecule has 0 radical (unpaired) electrons. The molecule has 0 amide bonds. The van der Waals surface area contributed by atoms with Crippen molar-refractivity contribution in [3.8, 4) is 0 Å². The molecular weight excluding hydrogens is 342 g/mol. The Morgan fingerprint density at radius 3 is 2.41 bits per heavy atom. The van der Waals surface area contributed by atoms with E-state index >= 15 is 0 Å². The molecule has 138 valence electrons. The Bertz CT molecular complexity index is 941. The number of para-hydroxylation sites is 1. The van der Waals surface area contributed by atoms with Crippen molar-refractivity contribution in [1.29, 1.82) is 0 Å². The van der Waals surface area contributed by atoms with Crippen LogP contribution in [0.15, 0.2) is 54.9 Å². The number of anilines is 5. The van der Waals surface area contributed by atoms with Gasteiger partial charge in [0.25, 0.3) is 0 Å². The zero-order chi connectivity index (χ0) is 19.2. The van der Waals surface area contributed by atoms with Gasteiger partial charge >= 0.3 is 5.97 Å². The molecule has 7 nitrogen and oxygen atoms in total. The number of esters is 1. The van der Waals surface area contributed by atoms with Crippen molar-refractivity contribution in [2.45, 2.75) is 13.8 Å². The molecule has 0 fully saturated rings. The Hall–Kier alpha value is -3.61. The van der Waals surface area contributed by atoms with E-state index in [1.807, 2.05) is 37.3 Å². The van der Waals surface area contributed by atoms with Crippen LogP contribution in [0.1, 0.15) is 22.8 Å². The van der Waals surface area contributed by atoms with Gasteiger partial charge < -0.3 is 21.1 Å². The molecule has 0 saturated carbocycles. The second-order valence-corrected chi connectivity index (χ2v) is 5.87. The van der Waals surface area contributed by atoms with Crippen LogP contribution in [0.4, 0.5) is 28.7 Å². The number of carbonyl (C=O) groups excluding carboxylic acids is 1. The Morgan fingerprint density at radius 2 is 1.70 bits per heavy atom. The zero-order valence-corrected chi connectivity index (χ0v) is 15.2. The highest BCUT2D eigenvalue weighted by atomic mass is 16.5. The Labute approximate surface area is 157 Å². The van der Waals surface area contributed by atoms with E-state index in [9.17, 15) is 4.79 Å². The van der Waals surface area contributed by atoms with E-state index in [1.54, 1.807) is 25.1 Å². The van der Waals surface area contributed by atoms with Gasteiger partial charge in [-0.1, -0.05) is 29.8 Å². The fraction of sp³-hybridized carbons (Fsp3) is 0.150. The summed E-state index contributed by atoms with van der Waals surface area (Å²) in [4.78, 5) is 20.5. The van der Waals surface area contributed by atoms with Crippen LogP contribution in [0.25, 0.3) is 0 Å². The lowest BCUT2D eigenvalue weighted by Crippen LogP contribution is -2.10. The molecule has 4 N–H and O–H groups in total. The topological polar surface area (TPSA) is 102 Å². The highest BCUT2D eigenvalue weighted by molar-refractivity contribution is 5.97. The lowest BCUT2D eigenvalue weighted by molar-refractivity contribution is 0.0527. The van der Waals surface area contributed by atoms with Crippen LogP contribution in [0.5, 0.6) is 0 Å². The molecule has 1 aromatic heterocycles. The molecular formula is C20H21N5O2. The Kier molecular flexibility index (Phi) is 5.51. The van der Waals surface area contributed by atoms with Gasteiger partial charge in [-0.05, 0) is 38.1 Å². The second-order valence-electron chi connectivity index (χ2n) is 5.87. The molecule has 0 unspecified atom stereocenters. The fourth-order valence-corrected chi connectivity index (χ4v) is 2.47. The van der Waals surface area contributed by atoms with Crippen LogP contribution in [-0.2, 0) is 4.74 Å². The summed E-state index contributed by atoms with van der Waals surface area (Å²) >= 11 is 0. The molecule has 1 heterocycles. The van der Waals surface area contributed by atoms with Gasteiger partial charge in [-0.3, -0.25) is 0 Å². The highest BCUT2D eigenvalue weighted by Crippen LogP contribution is 2.29. The number of benzene rings is 2. The van der Waals surface area contributed by atoms with Gasteiger partial charge in [0.15, 0.2) is 11.6 Å². The molecule has 0 spiro atoms. The van der Waals surface area contributed by atoms with Crippen molar-refractivity contribution in [2.75, 3.05) is 23.0 Å². The van der Waals surface area contributed by atoms with Crippen LogP contribution in [-0.4, -0.2) is 22.5 Å². The maximum atomic E-state index is 12.1. The number of rotatable bonds is 6. The first-order valence-corrected chi connectivity index (χ1v) is 8.56. The number of nitrogens with two attached hydrogens (primary N) is 1. The first kappa shape index (κ1) is 18.2. The lowest BCUT2D eigenvalue weighted by Gasteiger charge is -2.14. The van der Waals surface area contributed by atoms with E-state index in [-0.39, 0.29) is 0 Å². The number of nitrogens with one attached hydrogen (secondary N) is 2. The van der Waals surface area contributed by atoms with Gasteiger partial charge in [-0.2, -0.15) is 0 Å². The number of ether oxygens (including phenoxy) is 1. The van der Waals surface area contributed by atoms with E-state index in [2.05, 4.69) is 20.6 Å². The number of hydrogen-bond donors (Lipinski definition) is 3. The fourth-order valence-electron chi connectivity index (χ4n) is 2.47. The van der Waals surface area contributed by atoms with Crippen LogP contribution < -0.4 is 16.4 Å². The summed E-state index contributed by atoms with van der Waals surface area (Å²) in [6, 6.07) is 14.9. The third kappa shape index (κ3) is 4.33. The minimum Gasteiger partial charge on any atom is -0.462 e. The summed E-state index contributed by atoms with van der Waals surface area (Å²) in [6.45, 7) is 4.08. The number of aromatic nitrogens is 2. The summed E-state index contributed by atoms with van der Waals surface area (Å²) in [5.41, 5.74) is 9.56. The first-order valence-electron chi connectivity index (χ1n) is 8.56. The quantitative estimate of drug-likeness (QED) is 0.568. The molecule has 3 aromatic rings. The van der Waals surface area contributed by atoms with Gasteiger partial charge in [0.2, 0.25) is 0 Å². The number of nitrogens with zero attached hydrogens (tertiary/aromatic N) is 2. The van der Waals surface area contributed by atoms with E-state index < -0.39 is 5.97 Å². The second kappa shape index (κ2) is 8.18. The van der Waals surface area contributed by atoms with Gasteiger partial charge in [0.05, 0.1) is 17.9 Å². The predicted octanol–water partition coefficient (Wildman–Crippen LogP) is 4.03. The van der Waals surface area contributed by atoms with E-state index in [0.717, 1.165) is 11.3 Å². The number of aryl methyl sites for hydroxylation is 1. The third-order valence-electron chi connectivity index (χ3n) is 3.87. The minimum atomic E-state index is -0.411. The summed E-state index contributed by atoms with van der Waals surface area (Å²) < 4.78 is 5.09. The normalized spacial score (nSPS) is 10.3. The SMILES string of the molecule is CCOC(=O)c1ccccc1Nc1ncnc(Nc2ccc(C)cc2)c1N. The van der Waals surface area contributed by atoms with Gasteiger partial charge in [0, 0.05) is 5.69 Å². The first-order chi connectivity index (χ1) is 13.1. The average Bonchev–Trinajstić information content (AvgIpc) is 2.67. The molecule has 2 aromatic carbocycles. The zero-order valence-electron chi connectivity index (χ0n) is 15.2. The molecule has 0 atom stereocenters. The third-order valence-corrected chi connectivity index (χ3v) is 3.87. The van der Waals surface area contributed by atoms with Crippen LogP contribution in [0.3, 0.4) is 0 Å². The Balaban J connectivity index is 1.87. The Morgan fingerprint density at radius 1 is 1.04 bits per heavy atom. The minimum absolute atomic E-state index is 0.299. The number of carbonyl (C=O) groups is 1. The van der Waals surface area contributed by atoms with Gasteiger partial charge in [-0.15, -0.1) is 0 Å². The molecule has 0 aliphatic heterocycles. The number of nitrogen functional groups attached to an aromatic ring is 1. The van der Waals surface area contributed by atoms with E-state index in [1.165, 1.54) is 6.33 Å². The smallest absolute Gasteiger partial charge is 0.340 e. The standard InChI is InChI=1S/C20H21N5O2/c1-3-27-20(26)15-6-4-5-7-16(15)25-19-17(21)18(22-12-23-19)24-14-10-8-13(2)9-11-14/h4-12H,3,21H2,1-2H3,(H2,22,23,24,25). The van der Waals surface area contributed by atoms with Crippen LogP contribution in [0.2, 0.25) is 0 Å². The lowest BCUT2D eigenvalue weighted by atomic mass is 10.1. The summed E-state index contributed by atoms with van der Waals surface area (Å²) in [7, 11) is 0. The molecule has 3 rings (SSSR count). The van der Waals surface area contributed by atoms with Gasteiger partial charge in [0.1, 0.15) is 12.0 Å². The van der Waals surface area contributed by atoms with Crippen molar-refractivity contribution < 1.29 is 9.53 Å². The van der Waals surface area contributed by atoms with Gasteiger partial charge in [-0.25, -0.2) is 14.8 Å². The maximum absolute atomic E-state index is 12.1. The molecule has 0 aliphatic rings. The van der Waals surface area contributed by atoms with Crippen molar-refractivity contribution in [1.82, 2.24) is 9.97 Å². The van der Waals surface area contributed by atoms with Crippen molar-refractivity contribution in [3.05, 3.63) is 66.0 Å². The molecule has 0 saturated heterocycles. The summed E-state index contributed by atoms with van der Waals surface area (Å²) in [5.74, 6) is 0.465. The average molecular weight is 363 g/mol. The summed E-state index contributed by atoms with van der Waals surface area (Å²) in [6.07, 6.45) is 1.40. The van der Waals surface area contributed by atoms with E-state index in [4.69, 9.17) is 10.5 Å². The number of hydrogen-bond acceptors (Lipinski definition) is 7. The predicted molar refractivity (Wildman–Crippen MR) is 107 cm³/mol. The maximum Gasteiger partial charge on any atom is 0.340 e. The molecule has 0 bridgehead atoms. The molecule has 7 heteroatoms. The van der Waals surface area contributed by atoms with Crippen molar-refractivity contribution >= 4 is 34.7 Å². The molecule has 27 heavy (non-hydrogen) atoms. The molecule has 0 aliphatic carbocycles. The largest absolute Gasteiger partial charge is 0.462 e.